The Kier molecular flexibility index (Phi) is 5.99. The van der Waals surface area contributed by atoms with Crippen LogP contribution < -0.4 is 5.32 Å². The highest BCUT2D eigenvalue weighted by atomic mass is 19.1. The van der Waals surface area contributed by atoms with Gasteiger partial charge in [-0.15, -0.1) is 0 Å². The average molecular weight is 278 g/mol. The Bertz CT molecular complexity index is 400. The van der Waals surface area contributed by atoms with E-state index in [0.29, 0.717) is 12.1 Å². The maximum Gasteiger partial charge on any atom is 0.126 e. The number of benzene rings is 1. The fraction of sp³-hybridized carbons (Fsp3) is 0.647. The molecule has 0 amide bonds. The zero-order valence-corrected chi connectivity index (χ0v) is 12.7. The quantitative estimate of drug-likeness (QED) is 0.859. The minimum Gasteiger partial charge on any atom is -0.311 e. The van der Waals surface area contributed by atoms with Crippen molar-refractivity contribution < 1.29 is 4.39 Å². The molecule has 0 spiro atoms. The maximum atomic E-state index is 13.6. The minimum absolute atomic E-state index is 0.0843. The predicted molar refractivity (Wildman–Crippen MR) is 82.5 cm³/mol. The first-order chi connectivity index (χ1) is 9.69. The van der Waals surface area contributed by atoms with Crippen LogP contribution >= 0.6 is 0 Å². The molecule has 2 rings (SSSR count). The van der Waals surface area contributed by atoms with Crippen LogP contribution in [0, 0.1) is 5.82 Å². The van der Waals surface area contributed by atoms with E-state index in [1.807, 2.05) is 12.1 Å². The van der Waals surface area contributed by atoms with Crippen molar-refractivity contribution >= 4 is 0 Å². The largest absolute Gasteiger partial charge is 0.311 e. The van der Waals surface area contributed by atoms with Crippen molar-refractivity contribution in [2.45, 2.75) is 51.6 Å². The van der Waals surface area contributed by atoms with Crippen LogP contribution in [0.2, 0.25) is 0 Å². The number of halogens is 1. The number of hydrogen-bond donors (Lipinski definition) is 1. The molecule has 0 bridgehead atoms. The molecule has 1 aliphatic rings. The second-order valence-electron chi connectivity index (χ2n) is 5.98. The fourth-order valence-electron chi connectivity index (χ4n) is 3.09. The SMILES string of the molecule is CCCN1CCC(NC(C)Cc2ccccc2F)CC1. The predicted octanol–water partition coefficient (Wildman–Crippen LogP) is 3.22. The summed E-state index contributed by atoms with van der Waals surface area (Å²) in [6.45, 7) is 8.00. The first kappa shape index (κ1) is 15.5. The topological polar surface area (TPSA) is 15.3 Å². The van der Waals surface area contributed by atoms with Gasteiger partial charge in [0.2, 0.25) is 0 Å². The van der Waals surface area contributed by atoms with Crippen LogP contribution in [-0.4, -0.2) is 36.6 Å². The Hall–Kier alpha value is -0.930. The first-order valence-corrected chi connectivity index (χ1v) is 7.91. The molecule has 1 aliphatic heterocycles. The summed E-state index contributed by atoms with van der Waals surface area (Å²) >= 11 is 0. The van der Waals surface area contributed by atoms with Gasteiger partial charge in [-0.05, 0) is 63.9 Å². The number of hydrogen-bond acceptors (Lipinski definition) is 2. The molecule has 0 aliphatic carbocycles. The summed E-state index contributed by atoms with van der Waals surface area (Å²) in [6.07, 6.45) is 4.42. The standard InChI is InChI=1S/C17H27FN2/c1-3-10-20-11-8-16(9-12-20)19-14(2)13-15-6-4-5-7-17(15)18/h4-7,14,16,19H,3,8-13H2,1-2H3. The molecule has 1 aromatic rings. The van der Waals surface area contributed by atoms with Crippen LogP contribution in [0.5, 0.6) is 0 Å². The lowest BCUT2D eigenvalue weighted by atomic mass is 10.0. The zero-order valence-electron chi connectivity index (χ0n) is 12.7. The van der Waals surface area contributed by atoms with Crippen LogP contribution in [0.15, 0.2) is 24.3 Å². The molecule has 1 N–H and O–H groups in total. The van der Waals surface area contributed by atoms with Gasteiger partial charge in [0.25, 0.3) is 0 Å². The molecular formula is C17H27FN2. The molecule has 0 aromatic heterocycles. The molecule has 1 aromatic carbocycles. The van der Waals surface area contributed by atoms with Crippen molar-refractivity contribution in [3.63, 3.8) is 0 Å². The van der Waals surface area contributed by atoms with Gasteiger partial charge < -0.3 is 10.2 Å². The van der Waals surface area contributed by atoms with E-state index in [4.69, 9.17) is 0 Å². The second-order valence-corrected chi connectivity index (χ2v) is 5.98. The van der Waals surface area contributed by atoms with E-state index in [9.17, 15) is 4.39 Å². The molecule has 1 atom stereocenters. The van der Waals surface area contributed by atoms with Crippen LogP contribution in [0.3, 0.4) is 0 Å². The summed E-state index contributed by atoms with van der Waals surface area (Å²) in [5.74, 6) is -0.0843. The molecule has 0 saturated carbocycles. The van der Waals surface area contributed by atoms with Crippen LogP contribution in [-0.2, 0) is 6.42 Å². The van der Waals surface area contributed by atoms with Gasteiger partial charge in [0.15, 0.2) is 0 Å². The third-order valence-corrected chi connectivity index (χ3v) is 4.13. The molecule has 0 radical (unpaired) electrons. The minimum atomic E-state index is -0.0843. The van der Waals surface area contributed by atoms with Gasteiger partial charge in [-0.25, -0.2) is 4.39 Å². The number of nitrogens with zero attached hydrogens (tertiary/aromatic N) is 1. The van der Waals surface area contributed by atoms with E-state index in [1.165, 1.54) is 38.9 Å². The van der Waals surface area contributed by atoms with Crippen molar-refractivity contribution in [3.8, 4) is 0 Å². The summed E-state index contributed by atoms with van der Waals surface area (Å²) in [5, 5.41) is 3.66. The van der Waals surface area contributed by atoms with Crippen molar-refractivity contribution in [3.05, 3.63) is 35.6 Å². The monoisotopic (exact) mass is 278 g/mol. The molecule has 1 unspecified atom stereocenters. The Morgan fingerprint density at radius 2 is 2.00 bits per heavy atom. The van der Waals surface area contributed by atoms with E-state index in [0.717, 1.165) is 12.0 Å². The number of nitrogens with one attached hydrogen (secondary N) is 1. The maximum absolute atomic E-state index is 13.6. The van der Waals surface area contributed by atoms with Crippen molar-refractivity contribution in [1.82, 2.24) is 10.2 Å². The van der Waals surface area contributed by atoms with Crippen LogP contribution in [0.4, 0.5) is 4.39 Å². The highest BCUT2D eigenvalue weighted by Crippen LogP contribution is 2.13. The zero-order chi connectivity index (χ0) is 14.4. The van der Waals surface area contributed by atoms with E-state index < -0.39 is 0 Å². The molecule has 3 heteroatoms. The Morgan fingerprint density at radius 1 is 1.30 bits per heavy atom. The highest BCUT2D eigenvalue weighted by molar-refractivity contribution is 5.18. The molecule has 1 heterocycles. The Balaban J connectivity index is 1.75. The lowest BCUT2D eigenvalue weighted by molar-refractivity contribution is 0.192. The molecule has 112 valence electrons. The highest BCUT2D eigenvalue weighted by Gasteiger charge is 2.20. The van der Waals surface area contributed by atoms with E-state index in [-0.39, 0.29) is 5.82 Å². The molecule has 1 fully saturated rings. The van der Waals surface area contributed by atoms with Crippen molar-refractivity contribution in [1.29, 1.82) is 0 Å². The first-order valence-electron chi connectivity index (χ1n) is 7.91. The summed E-state index contributed by atoms with van der Waals surface area (Å²) in [5.41, 5.74) is 0.816. The Labute approximate surface area is 122 Å². The van der Waals surface area contributed by atoms with Crippen molar-refractivity contribution in [2.75, 3.05) is 19.6 Å². The van der Waals surface area contributed by atoms with Gasteiger partial charge in [-0.3, -0.25) is 0 Å². The molecular weight excluding hydrogens is 251 g/mol. The number of likely N-dealkylation sites (tertiary alicyclic amines) is 1. The van der Waals surface area contributed by atoms with E-state index >= 15 is 0 Å². The van der Waals surface area contributed by atoms with Gasteiger partial charge in [0.1, 0.15) is 5.82 Å². The van der Waals surface area contributed by atoms with Gasteiger partial charge in [-0.1, -0.05) is 25.1 Å². The smallest absolute Gasteiger partial charge is 0.126 e. The summed E-state index contributed by atoms with van der Waals surface area (Å²) < 4.78 is 13.6. The van der Waals surface area contributed by atoms with Crippen LogP contribution in [0.25, 0.3) is 0 Å². The molecule has 2 nitrogen and oxygen atoms in total. The molecule has 20 heavy (non-hydrogen) atoms. The lowest BCUT2D eigenvalue weighted by Gasteiger charge is -2.33. The van der Waals surface area contributed by atoms with E-state index in [1.54, 1.807) is 12.1 Å². The van der Waals surface area contributed by atoms with E-state index in [2.05, 4.69) is 24.1 Å². The van der Waals surface area contributed by atoms with Crippen LogP contribution in [0.1, 0.15) is 38.7 Å². The lowest BCUT2D eigenvalue weighted by Crippen LogP contribution is -2.46. The van der Waals surface area contributed by atoms with Gasteiger partial charge in [-0.2, -0.15) is 0 Å². The summed E-state index contributed by atoms with van der Waals surface area (Å²) in [7, 11) is 0. The summed E-state index contributed by atoms with van der Waals surface area (Å²) in [4.78, 5) is 2.54. The number of rotatable bonds is 6. The van der Waals surface area contributed by atoms with Gasteiger partial charge in [0.05, 0.1) is 0 Å². The Morgan fingerprint density at radius 3 is 2.65 bits per heavy atom. The fourth-order valence-corrected chi connectivity index (χ4v) is 3.09. The summed E-state index contributed by atoms with van der Waals surface area (Å²) in [6, 6.07) is 8.01. The third kappa shape index (κ3) is 4.57. The second kappa shape index (κ2) is 7.75. The molecule has 1 saturated heterocycles. The van der Waals surface area contributed by atoms with Crippen molar-refractivity contribution in [2.24, 2.45) is 0 Å². The van der Waals surface area contributed by atoms with Gasteiger partial charge in [0, 0.05) is 12.1 Å². The van der Waals surface area contributed by atoms with Gasteiger partial charge >= 0.3 is 0 Å². The third-order valence-electron chi connectivity index (χ3n) is 4.13. The normalized spacial score (nSPS) is 19.1. The number of piperidine rings is 1. The average Bonchev–Trinajstić information content (AvgIpc) is 2.44.